The quantitative estimate of drug-likeness (QED) is 0.270. The van der Waals surface area contributed by atoms with Crippen LogP contribution in [0.1, 0.15) is 17.3 Å². The summed E-state index contributed by atoms with van der Waals surface area (Å²) in [5.41, 5.74) is 14.5. The van der Waals surface area contributed by atoms with Gasteiger partial charge in [0, 0.05) is 20.0 Å². The maximum absolute atomic E-state index is 5.91. The molecule has 0 spiro atoms. The topological polar surface area (TPSA) is 57.4 Å². The molecule has 28 heavy (non-hydrogen) atoms. The highest BCUT2D eigenvalue weighted by Gasteiger charge is 2.23. The molecule has 1 aliphatic heterocycles. The van der Waals surface area contributed by atoms with Crippen molar-refractivity contribution in [3.05, 3.63) is 59.7 Å². The van der Waals surface area contributed by atoms with Crippen LogP contribution in [0.2, 0.25) is 25.7 Å². The van der Waals surface area contributed by atoms with Crippen LogP contribution in [0.25, 0.3) is 11.1 Å². The number of alkyl halides is 1. The van der Waals surface area contributed by atoms with Crippen LogP contribution in [0, 0.1) is 0 Å². The molecular weight excluding hydrogens is 432 g/mol. The third-order valence-electron chi connectivity index (χ3n) is 4.80. The van der Waals surface area contributed by atoms with Crippen LogP contribution in [0.15, 0.2) is 48.5 Å². The van der Waals surface area contributed by atoms with Crippen LogP contribution in [0.4, 0.5) is 0 Å². The van der Waals surface area contributed by atoms with E-state index in [0.29, 0.717) is 6.61 Å². The zero-order chi connectivity index (χ0) is 20.0. The summed E-state index contributed by atoms with van der Waals surface area (Å²) in [5, 5.41) is 4.46. The highest BCUT2D eigenvalue weighted by atomic mass is 79.9. The molecule has 0 amide bonds. The van der Waals surface area contributed by atoms with E-state index >= 15 is 0 Å². The van der Waals surface area contributed by atoms with Gasteiger partial charge in [0.15, 0.2) is 0 Å². The second kappa shape index (κ2) is 10.1. The Hall–Kier alpha value is -1.06. The summed E-state index contributed by atoms with van der Waals surface area (Å²) in [6, 6.07) is 18.4. The molecule has 2 atom stereocenters. The maximum Gasteiger partial charge on any atom is 0.0995 e. The van der Waals surface area contributed by atoms with Crippen molar-refractivity contribution in [1.29, 1.82) is 0 Å². The van der Waals surface area contributed by atoms with Crippen molar-refractivity contribution in [3.8, 4) is 11.1 Å². The third kappa shape index (κ3) is 6.22. The van der Waals surface area contributed by atoms with E-state index in [0.717, 1.165) is 11.9 Å². The smallest absolute Gasteiger partial charge is 0.0995 e. The lowest BCUT2D eigenvalue weighted by Gasteiger charge is -2.34. The fourth-order valence-corrected chi connectivity index (χ4v) is 4.24. The van der Waals surface area contributed by atoms with Crippen LogP contribution >= 0.6 is 15.9 Å². The van der Waals surface area contributed by atoms with Gasteiger partial charge in [0.25, 0.3) is 0 Å². The number of nitrogens with one attached hydrogen (secondary N) is 4. The minimum Gasteiger partial charge on any atom is -0.379 e. The van der Waals surface area contributed by atoms with Gasteiger partial charge in [-0.05, 0) is 28.3 Å². The Kier molecular flexibility index (Phi) is 7.82. The van der Waals surface area contributed by atoms with Crippen molar-refractivity contribution in [2.45, 2.75) is 43.3 Å². The van der Waals surface area contributed by atoms with Gasteiger partial charge < -0.3 is 4.74 Å². The fourth-order valence-electron chi connectivity index (χ4n) is 3.11. The first-order chi connectivity index (χ1) is 13.5. The summed E-state index contributed by atoms with van der Waals surface area (Å²) < 4.78 is 5.91. The van der Waals surface area contributed by atoms with Crippen molar-refractivity contribution in [2.24, 2.45) is 0 Å². The number of hydrogen-bond donors (Lipinski definition) is 4. The molecule has 1 aliphatic rings. The highest BCUT2D eigenvalue weighted by Crippen LogP contribution is 2.28. The van der Waals surface area contributed by atoms with E-state index in [-0.39, 0.29) is 12.3 Å². The molecule has 0 radical (unpaired) electrons. The summed E-state index contributed by atoms with van der Waals surface area (Å²) in [6.45, 7) is 8.56. The first kappa shape index (κ1) is 21.6. The molecule has 1 saturated heterocycles. The van der Waals surface area contributed by atoms with Crippen LogP contribution in [-0.2, 0) is 10.1 Å². The van der Waals surface area contributed by atoms with Gasteiger partial charge in [-0.1, -0.05) is 84.1 Å². The van der Waals surface area contributed by atoms with Gasteiger partial charge >= 0.3 is 0 Å². The monoisotopic (exact) mass is 462 g/mol. The zero-order valence-electron chi connectivity index (χ0n) is 16.9. The number of benzene rings is 2. The third-order valence-corrected chi connectivity index (χ3v) is 7.15. The maximum atomic E-state index is 5.91. The zero-order valence-corrected chi connectivity index (χ0v) is 19.5. The molecule has 2 unspecified atom stereocenters. The van der Waals surface area contributed by atoms with Crippen molar-refractivity contribution >= 4 is 24.0 Å². The molecule has 7 heteroatoms. The Labute approximate surface area is 177 Å². The number of hydrazine groups is 2. The van der Waals surface area contributed by atoms with E-state index in [2.05, 4.69) is 106 Å². The molecule has 1 fully saturated rings. The SMILES string of the molecule is C[Si](C)(C)CCOCC1NNNC(c2ccccc2-c2ccc(CBr)cc2)N1. The van der Waals surface area contributed by atoms with Gasteiger partial charge in [-0.3, -0.25) is 5.32 Å². The molecule has 3 rings (SSSR count). The van der Waals surface area contributed by atoms with Gasteiger partial charge in [0.1, 0.15) is 0 Å². The molecule has 152 valence electrons. The molecule has 2 aromatic rings. The highest BCUT2D eigenvalue weighted by molar-refractivity contribution is 9.08. The Balaban J connectivity index is 1.66. The summed E-state index contributed by atoms with van der Waals surface area (Å²) in [5.74, 6) is 0. The van der Waals surface area contributed by atoms with E-state index in [1.807, 2.05) is 0 Å². The summed E-state index contributed by atoms with van der Waals surface area (Å²) in [6.07, 6.45) is 0.0237. The normalized spacial score (nSPS) is 20.3. The van der Waals surface area contributed by atoms with Gasteiger partial charge in [-0.15, -0.1) is 0 Å². The number of rotatable bonds is 8. The van der Waals surface area contributed by atoms with Crippen LogP contribution in [0.5, 0.6) is 0 Å². The molecule has 0 aliphatic carbocycles. The molecule has 5 nitrogen and oxygen atoms in total. The molecule has 0 bridgehead atoms. The first-order valence-electron chi connectivity index (χ1n) is 9.80. The standard InChI is InChI=1S/C21H31BrN4OSi/c1-28(2,3)13-12-27-15-20-23-21(25-26-24-20)19-7-5-4-6-18(19)17-10-8-16(14-22)9-11-17/h4-11,20-21,23-26H,12-15H2,1-3H3. The largest absolute Gasteiger partial charge is 0.379 e. The molecule has 4 N–H and O–H groups in total. The number of ether oxygens (including phenoxy) is 1. The molecular formula is C21H31BrN4OSi. The summed E-state index contributed by atoms with van der Waals surface area (Å²) >= 11 is 3.51. The van der Waals surface area contributed by atoms with Crippen LogP contribution < -0.4 is 21.7 Å². The van der Waals surface area contributed by atoms with Crippen molar-refractivity contribution in [2.75, 3.05) is 13.2 Å². The van der Waals surface area contributed by atoms with Crippen molar-refractivity contribution in [3.63, 3.8) is 0 Å². The number of halogens is 1. The van der Waals surface area contributed by atoms with Crippen molar-refractivity contribution in [1.82, 2.24) is 21.7 Å². The summed E-state index contributed by atoms with van der Waals surface area (Å²) in [4.78, 5) is 0. The predicted octanol–water partition coefficient (Wildman–Crippen LogP) is 4.13. The van der Waals surface area contributed by atoms with E-state index in [9.17, 15) is 0 Å². The van der Waals surface area contributed by atoms with E-state index < -0.39 is 8.07 Å². The Morgan fingerprint density at radius 2 is 1.75 bits per heavy atom. The minimum absolute atomic E-state index is 0.0149. The molecule has 0 aromatic heterocycles. The average molecular weight is 463 g/mol. The van der Waals surface area contributed by atoms with E-state index in [4.69, 9.17) is 4.74 Å². The van der Waals surface area contributed by atoms with Gasteiger partial charge in [0.05, 0.1) is 18.9 Å². The first-order valence-corrected chi connectivity index (χ1v) is 14.6. The Morgan fingerprint density at radius 3 is 2.46 bits per heavy atom. The van der Waals surface area contributed by atoms with Gasteiger partial charge in [0.2, 0.25) is 0 Å². The summed E-state index contributed by atoms with van der Waals surface area (Å²) in [7, 11) is -1.06. The Bertz CT molecular complexity index is 751. The average Bonchev–Trinajstić information content (AvgIpc) is 2.71. The van der Waals surface area contributed by atoms with E-state index in [1.165, 1.54) is 28.3 Å². The fraction of sp³-hybridized carbons (Fsp3) is 0.429. The van der Waals surface area contributed by atoms with Gasteiger partial charge in [-0.25, -0.2) is 10.9 Å². The van der Waals surface area contributed by atoms with Crippen molar-refractivity contribution < 1.29 is 4.74 Å². The number of hydrogen-bond acceptors (Lipinski definition) is 5. The molecule has 1 heterocycles. The second-order valence-electron chi connectivity index (χ2n) is 8.37. The molecule has 0 saturated carbocycles. The lowest BCUT2D eigenvalue weighted by atomic mass is 9.97. The van der Waals surface area contributed by atoms with Crippen LogP contribution in [0.3, 0.4) is 0 Å². The molecule has 2 aromatic carbocycles. The second-order valence-corrected chi connectivity index (χ2v) is 14.6. The van der Waals surface area contributed by atoms with E-state index in [1.54, 1.807) is 0 Å². The minimum atomic E-state index is -1.06. The van der Waals surface area contributed by atoms with Gasteiger partial charge in [-0.2, -0.15) is 5.53 Å². The Morgan fingerprint density at radius 1 is 1.00 bits per heavy atom. The van der Waals surface area contributed by atoms with Crippen LogP contribution in [-0.4, -0.2) is 27.5 Å². The lowest BCUT2D eigenvalue weighted by Crippen LogP contribution is -2.66. The lowest BCUT2D eigenvalue weighted by molar-refractivity contribution is 0.0724. The predicted molar refractivity (Wildman–Crippen MR) is 123 cm³/mol.